The minimum atomic E-state index is 1.22. The van der Waals surface area contributed by atoms with E-state index in [0.29, 0.717) is 0 Å². The van der Waals surface area contributed by atoms with Crippen LogP contribution in [0.25, 0.3) is 0 Å². The smallest absolute Gasteiger partial charge is 0.0288 e. The van der Waals surface area contributed by atoms with Gasteiger partial charge in [-0.15, -0.1) is 0 Å². The minimum absolute atomic E-state index is 1.22. The topological polar surface area (TPSA) is 0 Å². The van der Waals surface area contributed by atoms with Gasteiger partial charge in [-0.05, 0) is 59.3 Å². The first kappa shape index (κ1) is 12.3. The summed E-state index contributed by atoms with van der Waals surface area (Å²) in [7, 11) is 0. The van der Waals surface area contributed by atoms with Gasteiger partial charge in [-0.2, -0.15) is 0 Å². The fourth-order valence-corrected chi connectivity index (χ4v) is 1.94. The van der Waals surface area contributed by atoms with Gasteiger partial charge in [0.2, 0.25) is 0 Å². The molecule has 0 bridgehead atoms. The van der Waals surface area contributed by atoms with Crippen molar-refractivity contribution < 1.29 is 0 Å². The second-order valence-corrected chi connectivity index (χ2v) is 4.77. The first-order valence-electron chi connectivity index (χ1n) is 6.15. The van der Waals surface area contributed by atoms with Gasteiger partial charge in [0.1, 0.15) is 0 Å². The van der Waals surface area contributed by atoms with Gasteiger partial charge in [-0.1, -0.05) is 34.9 Å². The van der Waals surface area contributed by atoms with Crippen molar-refractivity contribution in [3.8, 4) is 0 Å². The predicted octanol–water partition coefficient (Wildman–Crippen LogP) is 5.18. The molecule has 0 atom stereocenters. The Hall–Kier alpha value is -0.780. The third-order valence-corrected chi connectivity index (χ3v) is 3.09. The van der Waals surface area contributed by atoms with Crippen LogP contribution in [0.5, 0.6) is 0 Å². The van der Waals surface area contributed by atoms with E-state index in [4.69, 9.17) is 0 Å². The van der Waals surface area contributed by atoms with E-state index >= 15 is 0 Å². The molecule has 0 aromatic carbocycles. The van der Waals surface area contributed by atoms with E-state index in [-0.39, 0.29) is 0 Å². The lowest BCUT2D eigenvalue weighted by Crippen LogP contribution is -1.84. The van der Waals surface area contributed by atoms with Crippen molar-refractivity contribution >= 4 is 0 Å². The van der Waals surface area contributed by atoms with Gasteiger partial charge in [-0.25, -0.2) is 0 Å². The van der Waals surface area contributed by atoms with Crippen molar-refractivity contribution in [2.24, 2.45) is 0 Å². The largest absolute Gasteiger partial charge is 0.0853 e. The summed E-state index contributed by atoms with van der Waals surface area (Å²) in [4.78, 5) is 0. The van der Waals surface area contributed by atoms with Crippen LogP contribution in [0.4, 0.5) is 0 Å². The molecule has 0 saturated heterocycles. The number of hydrogen-bond donors (Lipinski definition) is 0. The Morgan fingerprint density at radius 1 is 0.600 bits per heavy atom. The molecule has 0 saturated carbocycles. The van der Waals surface area contributed by atoms with Crippen LogP contribution < -0.4 is 0 Å². The Morgan fingerprint density at radius 2 is 0.867 bits per heavy atom. The van der Waals surface area contributed by atoms with Crippen LogP contribution in [0.3, 0.4) is 0 Å². The monoisotopic (exact) mass is 204 g/mol. The second-order valence-electron chi connectivity index (χ2n) is 4.77. The third-order valence-electron chi connectivity index (χ3n) is 3.09. The summed E-state index contributed by atoms with van der Waals surface area (Å²) in [6.45, 7) is 6.77. The van der Waals surface area contributed by atoms with E-state index in [0.717, 1.165) is 0 Å². The Morgan fingerprint density at radius 3 is 1.13 bits per heavy atom. The summed E-state index contributed by atoms with van der Waals surface area (Å²) in [5.41, 5.74) is 4.65. The number of allylic oxidation sites excluding steroid dienone is 6. The molecule has 0 aliphatic heterocycles. The molecule has 0 amide bonds. The molecule has 0 unspecified atom stereocenters. The first-order chi connectivity index (χ1) is 7.18. The molecule has 0 aromatic rings. The van der Waals surface area contributed by atoms with Crippen LogP contribution >= 0.6 is 0 Å². The molecule has 0 fully saturated rings. The zero-order valence-electron chi connectivity index (χ0n) is 10.5. The van der Waals surface area contributed by atoms with Crippen molar-refractivity contribution in [2.75, 3.05) is 0 Å². The van der Waals surface area contributed by atoms with Crippen LogP contribution in [0.15, 0.2) is 34.9 Å². The average molecular weight is 204 g/mol. The van der Waals surface area contributed by atoms with Crippen LogP contribution in [-0.4, -0.2) is 0 Å². The Kier molecular flexibility index (Phi) is 5.45. The molecule has 0 heterocycles. The molecule has 0 aromatic heterocycles. The van der Waals surface area contributed by atoms with Gasteiger partial charge < -0.3 is 0 Å². The van der Waals surface area contributed by atoms with Gasteiger partial charge >= 0.3 is 0 Å². The number of hydrogen-bond acceptors (Lipinski definition) is 0. The Bertz CT molecular complexity index is 229. The van der Waals surface area contributed by atoms with Crippen LogP contribution in [-0.2, 0) is 0 Å². The maximum atomic E-state index is 2.40. The molecular weight excluding hydrogens is 180 g/mol. The molecule has 0 N–H and O–H groups in total. The Balaban J connectivity index is 2.62. The molecule has 0 radical (unpaired) electrons. The zero-order valence-corrected chi connectivity index (χ0v) is 10.5. The summed E-state index contributed by atoms with van der Waals surface area (Å²) in [5, 5.41) is 0. The van der Waals surface area contributed by atoms with Crippen LogP contribution in [0, 0.1) is 0 Å². The molecule has 0 spiro atoms. The molecule has 0 heteroatoms. The molecular formula is C15H24. The highest BCUT2D eigenvalue weighted by molar-refractivity contribution is 5.08. The van der Waals surface area contributed by atoms with Crippen molar-refractivity contribution in [3.05, 3.63) is 34.9 Å². The quantitative estimate of drug-likeness (QED) is 0.477. The molecule has 1 aliphatic carbocycles. The summed E-state index contributed by atoms with van der Waals surface area (Å²) in [6.07, 6.45) is 14.6. The summed E-state index contributed by atoms with van der Waals surface area (Å²) in [6, 6.07) is 0. The van der Waals surface area contributed by atoms with Crippen LogP contribution in [0.1, 0.15) is 59.3 Å². The standard InChI is InChI=1S/C15H24/c1-13-7-4-9-14(2)11-6-12-15(3)10-5-8-13/h7,10-11H,4-6,8-9,12H2,1-3H3/b13-7-,14-11-,15-10+. The SMILES string of the molecule is C/C1=C/CC/C(C)=C/CC/C(C)=C\CC1. The fraction of sp³-hybridized carbons (Fsp3) is 0.600. The summed E-state index contributed by atoms with van der Waals surface area (Å²) in [5.74, 6) is 0. The summed E-state index contributed by atoms with van der Waals surface area (Å²) < 4.78 is 0. The average Bonchev–Trinajstić information content (AvgIpc) is 2.16. The maximum Gasteiger partial charge on any atom is -0.0288 e. The van der Waals surface area contributed by atoms with Gasteiger partial charge in [0, 0.05) is 0 Å². The molecule has 0 nitrogen and oxygen atoms in total. The van der Waals surface area contributed by atoms with Crippen molar-refractivity contribution in [1.29, 1.82) is 0 Å². The third kappa shape index (κ3) is 5.61. The lowest BCUT2D eigenvalue weighted by atomic mass is 10.0. The van der Waals surface area contributed by atoms with Gasteiger partial charge in [0.15, 0.2) is 0 Å². The molecule has 1 rings (SSSR count). The highest BCUT2D eigenvalue weighted by Crippen LogP contribution is 2.15. The number of rotatable bonds is 0. The fourth-order valence-electron chi connectivity index (χ4n) is 1.94. The first-order valence-corrected chi connectivity index (χ1v) is 6.15. The van der Waals surface area contributed by atoms with Gasteiger partial charge in [-0.3, -0.25) is 0 Å². The Labute approximate surface area is 94.8 Å². The second kappa shape index (κ2) is 6.66. The van der Waals surface area contributed by atoms with Crippen LogP contribution in [0.2, 0.25) is 0 Å². The lowest BCUT2D eigenvalue weighted by Gasteiger charge is -2.05. The van der Waals surface area contributed by atoms with E-state index in [1.165, 1.54) is 38.5 Å². The predicted molar refractivity (Wildman–Crippen MR) is 69.0 cm³/mol. The van der Waals surface area contributed by atoms with Crippen molar-refractivity contribution in [1.82, 2.24) is 0 Å². The normalized spacial score (nSPS) is 31.0. The molecule has 84 valence electrons. The molecule has 15 heavy (non-hydrogen) atoms. The zero-order chi connectivity index (χ0) is 11.1. The van der Waals surface area contributed by atoms with Gasteiger partial charge in [0.25, 0.3) is 0 Å². The van der Waals surface area contributed by atoms with Crippen molar-refractivity contribution in [3.63, 3.8) is 0 Å². The maximum absolute atomic E-state index is 2.40. The van der Waals surface area contributed by atoms with E-state index in [1.54, 1.807) is 16.7 Å². The minimum Gasteiger partial charge on any atom is -0.0853 e. The van der Waals surface area contributed by atoms with E-state index in [2.05, 4.69) is 39.0 Å². The van der Waals surface area contributed by atoms with E-state index in [1.807, 2.05) is 0 Å². The molecule has 1 aliphatic rings. The summed E-state index contributed by atoms with van der Waals surface area (Å²) >= 11 is 0. The highest BCUT2D eigenvalue weighted by Gasteiger charge is 1.95. The van der Waals surface area contributed by atoms with Crippen molar-refractivity contribution in [2.45, 2.75) is 59.3 Å². The lowest BCUT2D eigenvalue weighted by molar-refractivity contribution is 0.875. The van der Waals surface area contributed by atoms with Gasteiger partial charge in [0.05, 0.1) is 0 Å². The van der Waals surface area contributed by atoms with E-state index < -0.39 is 0 Å². The highest BCUT2D eigenvalue weighted by atomic mass is 14.0. The van der Waals surface area contributed by atoms with E-state index in [9.17, 15) is 0 Å².